The number of hydrogen-bond acceptors (Lipinski definition) is 3. The molecule has 96 valence electrons. The summed E-state index contributed by atoms with van der Waals surface area (Å²) in [5, 5.41) is 5.85. The van der Waals surface area contributed by atoms with Gasteiger partial charge in [-0.2, -0.15) is 0 Å². The first kappa shape index (κ1) is 13.5. The molecule has 1 unspecified atom stereocenters. The van der Waals surface area contributed by atoms with Gasteiger partial charge in [0.05, 0.1) is 0 Å². The number of halogens is 1. The van der Waals surface area contributed by atoms with Crippen molar-refractivity contribution in [2.24, 2.45) is 0 Å². The number of thiophene rings is 1. The molecular formula is C13H21BrN2S. The molecule has 0 amide bonds. The van der Waals surface area contributed by atoms with Crippen molar-refractivity contribution in [1.82, 2.24) is 10.2 Å². The molecule has 1 atom stereocenters. The van der Waals surface area contributed by atoms with E-state index in [1.54, 1.807) is 0 Å². The molecule has 1 aromatic rings. The van der Waals surface area contributed by atoms with E-state index < -0.39 is 0 Å². The Hall–Kier alpha value is 0.100. The Morgan fingerprint density at radius 3 is 3.06 bits per heavy atom. The van der Waals surface area contributed by atoms with Gasteiger partial charge < -0.3 is 10.2 Å². The Bertz CT molecular complexity index is 340. The van der Waals surface area contributed by atoms with E-state index >= 15 is 0 Å². The van der Waals surface area contributed by atoms with Crippen LogP contribution in [0.3, 0.4) is 0 Å². The van der Waals surface area contributed by atoms with Gasteiger partial charge in [0.15, 0.2) is 0 Å². The largest absolute Gasteiger partial charge is 0.309 e. The SMILES string of the molecule is CCN1CCCC(NCc2sccc2Br)CC1. The van der Waals surface area contributed by atoms with E-state index in [2.05, 4.69) is 44.5 Å². The van der Waals surface area contributed by atoms with Gasteiger partial charge in [0, 0.05) is 21.9 Å². The zero-order valence-electron chi connectivity index (χ0n) is 10.4. The Labute approximate surface area is 117 Å². The number of hydrogen-bond donors (Lipinski definition) is 1. The number of nitrogens with one attached hydrogen (secondary N) is 1. The van der Waals surface area contributed by atoms with Crippen LogP contribution >= 0.6 is 27.3 Å². The molecule has 1 saturated heterocycles. The van der Waals surface area contributed by atoms with E-state index in [9.17, 15) is 0 Å². The fraction of sp³-hybridized carbons (Fsp3) is 0.692. The zero-order chi connectivity index (χ0) is 12.1. The van der Waals surface area contributed by atoms with Gasteiger partial charge >= 0.3 is 0 Å². The minimum Gasteiger partial charge on any atom is -0.309 e. The van der Waals surface area contributed by atoms with E-state index in [0.29, 0.717) is 6.04 Å². The number of rotatable bonds is 4. The smallest absolute Gasteiger partial charge is 0.0327 e. The molecule has 17 heavy (non-hydrogen) atoms. The van der Waals surface area contributed by atoms with Gasteiger partial charge in [-0.3, -0.25) is 0 Å². The zero-order valence-corrected chi connectivity index (χ0v) is 12.8. The van der Waals surface area contributed by atoms with Crippen LogP contribution in [0.4, 0.5) is 0 Å². The molecule has 2 heterocycles. The minimum absolute atomic E-state index is 0.695. The standard InChI is InChI=1S/C13H21BrN2S/c1-2-16-7-3-4-11(5-8-16)15-10-13-12(14)6-9-17-13/h6,9,11,15H,2-5,7-8,10H2,1H3. The van der Waals surface area contributed by atoms with Crippen LogP contribution in [-0.4, -0.2) is 30.6 Å². The van der Waals surface area contributed by atoms with Crippen molar-refractivity contribution in [3.63, 3.8) is 0 Å². The molecule has 1 aromatic heterocycles. The quantitative estimate of drug-likeness (QED) is 0.915. The second kappa shape index (κ2) is 6.88. The summed E-state index contributed by atoms with van der Waals surface area (Å²) in [5.41, 5.74) is 0. The first-order chi connectivity index (χ1) is 8.29. The van der Waals surface area contributed by atoms with Crippen molar-refractivity contribution in [3.05, 3.63) is 20.8 Å². The average Bonchev–Trinajstić information content (AvgIpc) is 2.63. The predicted octanol–water partition coefficient (Wildman–Crippen LogP) is 3.47. The van der Waals surface area contributed by atoms with Gasteiger partial charge in [-0.25, -0.2) is 0 Å². The van der Waals surface area contributed by atoms with Gasteiger partial charge in [0.25, 0.3) is 0 Å². The molecule has 0 aliphatic carbocycles. The van der Waals surface area contributed by atoms with Crippen LogP contribution in [0, 0.1) is 0 Å². The first-order valence-corrected chi connectivity index (χ1v) is 8.14. The third-order valence-electron chi connectivity index (χ3n) is 3.51. The lowest BCUT2D eigenvalue weighted by atomic mass is 10.1. The highest BCUT2D eigenvalue weighted by molar-refractivity contribution is 9.10. The summed E-state index contributed by atoms with van der Waals surface area (Å²) in [5.74, 6) is 0. The van der Waals surface area contributed by atoms with E-state index in [4.69, 9.17) is 0 Å². The van der Waals surface area contributed by atoms with Crippen LogP contribution < -0.4 is 5.32 Å². The molecule has 0 saturated carbocycles. The molecule has 4 heteroatoms. The summed E-state index contributed by atoms with van der Waals surface area (Å²) in [6.45, 7) is 6.99. The fourth-order valence-electron chi connectivity index (χ4n) is 2.36. The molecule has 2 nitrogen and oxygen atoms in total. The van der Waals surface area contributed by atoms with Crippen LogP contribution in [0.2, 0.25) is 0 Å². The van der Waals surface area contributed by atoms with Crippen LogP contribution in [0.5, 0.6) is 0 Å². The highest BCUT2D eigenvalue weighted by atomic mass is 79.9. The van der Waals surface area contributed by atoms with E-state index in [1.807, 2.05) is 11.3 Å². The van der Waals surface area contributed by atoms with Crippen LogP contribution in [-0.2, 0) is 6.54 Å². The lowest BCUT2D eigenvalue weighted by Crippen LogP contribution is -2.30. The third-order valence-corrected chi connectivity index (χ3v) is 5.44. The summed E-state index contributed by atoms with van der Waals surface area (Å²) in [6.07, 6.45) is 3.94. The van der Waals surface area contributed by atoms with Gasteiger partial charge in [0.1, 0.15) is 0 Å². The van der Waals surface area contributed by atoms with Gasteiger partial charge in [0.2, 0.25) is 0 Å². The lowest BCUT2D eigenvalue weighted by Gasteiger charge is -2.18. The summed E-state index contributed by atoms with van der Waals surface area (Å²) in [6, 6.07) is 2.83. The lowest BCUT2D eigenvalue weighted by molar-refractivity contribution is 0.297. The minimum atomic E-state index is 0.695. The fourth-order valence-corrected chi connectivity index (χ4v) is 3.81. The molecule has 1 N–H and O–H groups in total. The molecule has 0 aromatic carbocycles. The Morgan fingerprint density at radius 1 is 1.47 bits per heavy atom. The maximum Gasteiger partial charge on any atom is 0.0327 e. The van der Waals surface area contributed by atoms with Gasteiger partial charge in [-0.05, 0) is 66.3 Å². The maximum atomic E-state index is 3.70. The van der Waals surface area contributed by atoms with Gasteiger partial charge in [-0.15, -0.1) is 11.3 Å². The van der Waals surface area contributed by atoms with Crippen molar-refractivity contribution in [3.8, 4) is 0 Å². The van der Waals surface area contributed by atoms with Crippen molar-refractivity contribution < 1.29 is 0 Å². The summed E-state index contributed by atoms with van der Waals surface area (Å²) < 4.78 is 1.25. The molecule has 1 aliphatic rings. The topological polar surface area (TPSA) is 15.3 Å². The normalized spacial score (nSPS) is 22.6. The van der Waals surface area contributed by atoms with E-state index in [-0.39, 0.29) is 0 Å². The Morgan fingerprint density at radius 2 is 2.35 bits per heavy atom. The first-order valence-electron chi connectivity index (χ1n) is 6.47. The molecule has 0 spiro atoms. The summed E-state index contributed by atoms with van der Waals surface area (Å²) in [4.78, 5) is 3.98. The average molecular weight is 317 g/mol. The molecule has 1 aliphatic heterocycles. The van der Waals surface area contributed by atoms with Crippen LogP contribution in [0.15, 0.2) is 15.9 Å². The molecular weight excluding hydrogens is 296 g/mol. The molecule has 2 rings (SSSR count). The van der Waals surface area contributed by atoms with Gasteiger partial charge in [-0.1, -0.05) is 6.92 Å². The van der Waals surface area contributed by atoms with E-state index in [1.165, 1.54) is 48.2 Å². The Kier molecular flexibility index (Phi) is 5.48. The second-order valence-corrected chi connectivity index (χ2v) is 6.49. The predicted molar refractivity (Wildman–Crippen MR) is 78.6 cm³/mol. The maximum absolute atomic E-state index is 3.70. The number of nitrogens with zero attached hydrogens (tertiary/aromatic N) is 1. The summed E-state index contributed by atoms with van der Waals surface area (Å²) in [7, 11) is 0. The summed E-state index contributed by atoms with van der Waals surface area (Å²) >= 11 is 5.42. The highest BCUT2D eigenvalue weighted by Crippen LogP contribution is 2.23. The van der Waals surface area contributed by atoms with Crippen LogP contribution in [0.1, 0.15) is 31.1 Å². The second-order valence-electron chi connectivity index (χ2n) is 4.63. The molecule has 1 fully saturated rings. The van der Waals surface area contributed by atoms with Crippen LogP contribution in [0.25, 0.3) is 0 Å². The molecule has 0 radical (unpaired) electrons. The highest BCUT2D eigenvalue weighted by Gasteiger charge is 2.15. The van der Waals surface area contributed by atoms with Crippen molar-refractivity contribution in [2.75, 3.05) is 19.6 Å². The van der Waals surface area contributed by atoms with Crippen molar-refractivity contribution in [1.29, 1.82) is 0 Å². The number of likely N-dealkylation sites (tertiary alicyclic amines) is 1. The van der Waals surface area contributed by atoms with Crippen molar-refractivity contribution >= 4 is 27.3 Å². The third kappa shape index (κ3) is 4.05. The molecule has 0 bridgehead atoms. The monoisotopic (exact) mass is 316 g/mol. The van der Waals surface area contributed by atoms with Crippen molar-refractivity contribution in [2.45, 2.75) is 38.8 Å². The van der Waals surface area contributed by atoms with E-state index in [0.717, 1.165) is 6.54 Å². The Balaban J connectivity index is 1.78.